The first-order valence-corrected chi connectivity index (χ1v) is 8.43. The smallest absolute Gasteiger partial charge is 0.251 e. The molecule has 24 heavy (non-hydrogen) atoms. The molecule has 0 aliphatic carbocycles. The van der Waals surface area contributed by atoms with Gasteiger partial charge in [0.1, 0.15) is 0 Å². The topological polar surface area (TPSA) is 49.4 Å². The van der Waals surface area contributed by atoms with Crippen LogP contribution in [0.1, 0.15) is 28.8 Å². The molecule has 1 N–H and O–H groups in total. The Labute approximate surface area is 150 Å². The second-order valence-corrected chi connectivity index (χ2v) is 6.46. The van der Waals surface area contributed by atoms with Crippen LogP contribution in [0.3, 0.4) is 0 Å². The van der Waals surface area contributed by atoms with Crippen LogP contribution < -0.4 is 10.2 Å². The van der Waals surface area contributed by atoms with Crippen LogP contribution in [0.5, 0.6) is 0 Å². The summed E-state index contributed by atoms with van der Waals surface area (Å²) < 4.78 is 0. The average Bonchev–Trinajstić information content (AvgIpc) is 3.00. The lowest BCUT2D eigenvalue weighted by Gasteiger charge is -2.16. The third-order valence-corrected chi connectivity index (χ3v) is 4.53. The normalized spacial score (nSPS) is 14.1. The summed E-state index contributed by atoms with van der Waals surface area (Å²) in [6.45, 7) is 1.01. The zero-order valence-corrected chi connectivity index (χ0v) is 14.4. The van der Waals surface area contributed by atoms with E-state index in [0.717, 1.165) is 17.7 Å². The number of halogens is 2. The predicted molar refractivity (Wildman–Crippen MR) is 95.7 cm³/mol. The molecule has 1 aliphatic rings. The third-order valence-electron chi connectivity index (χ3n) is 3.95. The maximum Gasteiger partial charge on any atom is 0.251 e. The quantitative estimate of drug-likeness (QED) is 0.891. The fourth-order valence-electron chi connectivity index (χ4n) is 2.68. The van der Waals surface area contributed by atoms with Crippen molar-refractivity contribution in [3.8, 4) is 0 Å². The van der Waals surface area contributed by atoms with Crippen LogP contribution in [0.25, 0.3) is 0 Å². The van der Waals surface area contributed by atoms with E-state index in [4.69, 9.17) is 23.2 Å². The number of nitrogens with one attached hydrogen (secondary N) is 1. The standard InChI is InChI=1S/C18H16Cl2N2O2/c19-14-7-6-13(16(20)10-14)11-21-18(24)12-3-1-4-15(9-12)22-8-2-5-17(22)23/h1,3-4,6-7,9-10H,2,5,8,11H2,(H,21,24). The van der Waals surface area contributed by atoms with Gasteiger partial charge in [-0.05, 0) is 42.3 Å². The lowest BCUT2D eigenvalue weighted by Crippen LogP contribution is -2.25. The molecule has 0 atom stereocenters. The van der Waals surface area contributed by atoms with Crippen molar-refractivity contribution < 1.29 is 9.59 Å². The molecule has 1 fully saturated rings. The molecule has 4 nitrogen and oxygen atoms in total. The summed E-state index contributed by atoms with van der Waals surface area (Å²) in [7, 11) is 0. The van der Waals surface area contributed by atoms with E-state index < -0.39 is 0 Å². The fourth-order valence-corrected chi connectivity index (χ4v) is 3.15. The minimum absolute atomic E-state index is 0.0977. The van der Waals surface area contributed by atoms with Gasteiger partial charge in [0, 0.05) is 40.8 Å². The molecule has 1 saturated heterocycles. The van der Waals surface area contributed by atoms with Gasteiger partial charge in [-0.3, -0.25) is 9.59 Å². The Kier molecular flexibility index (Phi) is 5.07. The highest BCUT2D eigenvalue weighted by Crippen LogP contribution is 2.23. The van der Waals surface area contributed by atoms with Gasteiger partial charge in [-0.25, -0.2) is 0 Å². The van der Waals surface area contributed by atoms with E-state index in [1.165, 1.54) is 0 Å². The number of carbonyl (C=O) groups excluding carboxylic acids is 2. The minimum atomic E-state index is -0.213. The highest BCUT2D eigenvalue weighted by Gasteiger charge is 2.22. The van der Waals surface area contributed by atoms with Gasteiger partial charge in [-0.15, -0.1) is 0 Å². The van der Waals surface area contributed by atoms with E-state index in [2.05, 4.69) is 5.32 Å². The highest BCUT2D eigenvalue weighted by atomic mass is 35.5. The van der Waals surface area contributed by atoms with Crippen molar-refractivity contribution in [3.63, 3.8) is 0 Å². The van der Waals surface area contributed by atoms with Gasteiger partial charge in [0.05, 0.1) is 0 Å². The Morgan fingerprint density at radius 2 is 2.00 bits per heavy atom. The molecular formula is C18H16Cl2N2O2. The molecule has 0 unspecified atom stereocenters. The third kappa shape index (κ3) is 3.71. The van der Waals surface area contributed by atoms with E-state index in [1.54, 1.807) is 41.3 Å². The van der Waals surface area contributed by atoms with Gasteiger partial charge in [0.25, 0.3) is 5.91 Å². The first-order valence-electron chi connectivity index (χ1n) is 7.67. The summed E-state index contributed by atoms with van der Waals surface area (Å²) in [5.74, 6) is -0.116. The summed E-state index contributed by atoms with van der Waals surface area (Å²) in [5, 5.41) is 3.90. The lowest BCUT2D eigenvalue weighted by molar-refractivity contribution is -0.117. The summed E-state index contributed by atoms with van der Waals surface area (Å²) in [5.41, 5.74) is 2.06. The van der Waals surface area contributed by atoms with E-state index in [-0.39, 0.29) is 11.8 Å². The molecule has 0 bridgehead atoms. The summed E-state index contributed by atoms with van der Waals surface area (Å²) in [6, 6.07) is 12.2. The zero-order chi connectivity index (χ0) is 17.1. The van der Waals surface area contributed by atoms with E-state index >= 15 is 0 Å². The molecule has 3 rings (SSSR count). The molecule has 2 amide bonds. The number of carbonyl (C=O) groups is 2. The largest absolute Gasteiger partial charge is 0.348 e. The number of nitrogens with zero attached hydrogens (tertiary/aromatic N) is 1. The second-order valence-electron chi connectivity index (χ2n) is 5.62. The van der Waals surface area contributed by atoms with E-state index in [0.29, 0.717) is 35.1 Å². The van der Waals surface area contributed by atoms with Gasteiger partial charge in [-0.2, -0.15) is 0 Å². The van der Waals surface area contributed by atoms with Crippen LogP contribution in [0.2, 0.25) is 10.0 Å². The van der Waals surface area contributed by atoms with Crippen LogP contribution >= 0.6 is 23.2 Å². The average molecular weight is 363 g/mol. The SMILES string of the molecule is O=C(NCc1ccc(Cl)cc1Cl)c1cccc(N2CCCC2=O)c1. The molecule has 0 spiro atoms. The van der Waals surface area contributed by atoms with Crippen molar-refractivity contribution in [1.29, 1.82) is 0 Å². The first kappa shape index (κ1) is 16.8. The maximum absolute atomic E-state index is 12.4. The van der Waals surface area contributed by atoms with Crippen molar-refractivity contribution in [2.45, 2.75) is 19.4 Å². The van der Waals surface area contributed by atoms with Crippen LogP contribution in [-0.4, -0.2) is 18.4 Å². The Balaban J connectivity index is 1.70. The molecule has 0 saturated carbocycles. The molecule has 1 aliphatic heterocycles. The maximum atomic E-state index is 12.4. The minimum Gasteiger partial charge on any atom is -0.348 e. The van der Waals surface area contributed by atoms with Crippen LogP contribution in [0.4, 0.5) is 5.69 Å². The molecular weight excluding hydrogens is 347 g/mol. The Hall–Kier alpha value is -2.04. The number of anilines is 1. The molecule has 6 heteroatoms. The number of amides is 2. The molecule has 2 aromatic carbocycles. The van der Waals surface area contributed by atoms with Gasteiger partial charge >= 0.3 is 0 Å². The first-order chi connectivity index (χ1) is 11.5. The number of rotatable bonds is 4. The van der Waals surface area contributed by atoms with Gasteiger partial charge in [0.15, 0.2) is 0 Å². The van der Waals surface area contributed by atoms with E-state index in [9.17, 15) is 9.59 Å². The van der Waals surface area contributed by atoms with Gasteiger partial charge < -0.3 is 10.2 Å². The van der Waals surface area contributed by atoms with Gasteiger partial charge in [0.2, 0.25) is 5.91 Å². The van der Waals surface area contributed by atoms with E-state index in [1.807, 2.05) is 6.07 Å². The predicted octanol–water partition coefficient (Wildman–Crippen LogP) is 4.05. The molecule has 0 aromatic heterocycles. The Bertz CT molecular complexity index is 792. The number of hydrogen-bond donors (Lipinski definition) is 1. The lowest BCUT2D eigenvalue weighted by atomic mass is 10.1. The Morgan fingerprint density at radius 1 is 1.17 bits per heavy atom. The zero-order valence-electron chi connectivity index (χ0n) is 12.9. The second kappa shape index (κ2) is 7.24. The Morgan fingerprint density at radius 3 is 2.71 bits per heavy atom. The summed E-state index contributed by atoms with van der Waals surface area (Å²) in [4.78, 5) is 25.9. The van der Waals surface area contributed by atoms with Gasteiger partial charge in [-0.1, -0.05) is 35.3 Å². The number of hydrogen-bond acceptors (Lipinski definition) is 2. The van der Waals surface area contributed by atoms with Crippen molar-refractivity contribution in [1.82, 2.24) is 5.32 Å². The summed E-state index contributed by atoms with van der Waals surface area (Å²) >= 11 is 12.0. The van der Waals surface area contributed by atoms with Crippen LogP contribution in [-0.2, 0) is 11.3 Å². The van der Waals surface area contributed by atoms with Crippen molar-refractivity contribution in [3.05, 3.63) is 63.6 Å². The van der Waals surface area contributed by atoms with Crippen molar-refractivity contribution in [2.24, 2.45) is 0 Å². The van der Waals surface area contributed by atoms with Crippen molar-refractivity contribution in [2.75, 3.05) is 11.4 Å². The van der Waals surface area contributed by atoms with Crippen molar-refractivity contribution >= 4 is 40.7 Å². The molecule has 2 aromatic rings. The van der Waals surface area contributed by atoms with Crippen LogP contribution in [0, 0.1) is 0 Å². The molecule has 0 radical (unpaired) electrons. The highest BCUT2D eigenvalue weighted by molar-refractivity contribution is 6.35. The summed E-state index contributed by atoms with van der Waals surface area (Å²) in [6.07, 6.45) is 1.41. The molecule has 1 heterocycles. The fraction of sp³-hybridized carbons (Fsp3) is 0.222. The monoisotopic (exact) mass is 362 g/mol. The van der Waals surface area contributed by atoms with Crippen LogP contribution in [0.15, 0.2) is 42.5 Å². The number of benzene rings is 2. The molecule has 124 valence electrons.